The van der Waals surface area contributed by atoms with Gasteiger partial charge in [0, 0.05) is 61.7 Å². The van der Waals surface area contributed by atoms with Crippen molar-refractivity contribution in [2.75, 3.05) is 11.5 Å². The van der Waals surface area contributed by atoms with Gasteiger partial charge in [-0.15, -0.1) is 0 Å². The molecule has 12 nitrogen and oxygen atoms in total. The molecule has 2 saturated heterocycles. The number of rotatable bonds is 11. The summed E-state index contributed by atoms with van der Waals surface area (Å²) in [6.07, 6.45) is 8.95. The molecule has 2 aliphatic heterocycles. The number of carboxylic acids is 1. The van der Waals surface area contributed by atoms with Crippen molar-refractivity contribution in [3.63, 3.8) is 0 Å². The minimum Gasteiger partial charge on any atom is -0.481 e. The van der Waals surface area contributed by atoms with E-state index in [-0.39, 0.29) is 37.2 Å². The minimum absolute atomic E-state index is 0.0266. The van der Waals surface area contributed by atoms with Crippen molar-refractivity contribution in [1.29, 1.82) is 0 Å². The van der Waals surface area contributed by atoms with Crippen LogP contribution in [0.5, 0.6) is 0 Å². The second-order valence-corrected chi connectivity index (χ2v) is 21.3. The zero-order chi connectivity index (χ0) is 34.4. The van der Waals surface area contributed by atoms with Crippen LogP contribution in [0.2, 0.25) is 30.7 Å². The monoisotopic (exact) mass is 695 g/mol. The van der Waals surface area contributed by atoms with Crippen LogP contribution in [0.1, 0.15) is 52.9 Å². The lowest BCUT2D eigenvalue weighted by atomic mass is 9.97. The van der Waals surface area contributed by atoms with Crippen LogP contribution in [-0.2, 0) is 27.5 Å². The van der Waals surface area contributed by atoms with Gasteiger partial charge in [-0.3, -0.25) is 9.48 Å². The number of hydrogen-bond acceptors (Lipinski definition) is 8. The first kappa shape index (κ1) is 34.2. The van der Waals surface area contributed by atoms with Gasteiger partial charge in [-0.1, -0.05) is 37.3 Å². The number of hydrogen-bond donors (Lipinski definition) is 2. The molecule has 14 heteroatoms. The lowest BCUT2D eigenvalue weighted by Gasteiger charge is -2.39. The molecule has 0 spiro atoms. The third-order valence-corrected chi connectivity index (χ3v) is 11.1. The van der Waals surface area contributed by atoms with E-state index in [0.717, 1.165) is 65.2 Å². The molecule has 0 unspecified atom stereocenters. The molecule has 2 bridgehead atoms. The predicted molar refractivity (Wildman–Crippen MR) is 189 cm³/mol. The Morgan fingerprint density at radius 2 is 1.83 bits per heavy atom. The highest BCUT2D eigenvalue weighted by atomic mass is 35.5. The number of carbonyl (C=O) groups is 2. The first-order valence-electron chi connectivity index (χ1n) is 16.7. The summed E-state index contributed by atoms with van der Waals surface area (Å²) < 4.78 is 15.4. The van der Waals surface area contributed by atoms with E-state index in [1.165, 1.54) is 0 Å². The number of ether oxygens (including phenoxy) is 2. The van der Waals surface area contributed by atoms with E-state index < -0.39 is 19.6 Å². The van der Waals surface area contributed by atoms with Crippen LogP contribution >= 0.6 is 11.6 Å². The smallest absolute Gasteiger partial charge is 0.407 e. The molecule has 48 heavy (non-hydrogen) atoms. The summed E-state index contributed by atoms with van der Waals surface area (Å²) in [5.74, 6) is -0.0611. The maximum absolute atomic E-state index is 12.5. The van der Waals surface area contributed by atoms with Crippen LogP contribution in [0.15, 0.2) is 30.7 Å². The van der Waals surface area contributed by atoms with Crippen LogP contribution in [0, 0.1) is 0 Å². The number of halogens is 1. The van der Waals surface area contributed by atoms with Crippen molar-refractivity contribution in [2.45, 2.75) is 116 Å². The van der Waals surface area contributed by atoms with Crippen molar-refractivity contribution in [3.8, 4) is 11.1 Å². The van der Waals surface area contributed by atoms with Gasteiger partial charge in [0.15, 0.2) is 5.65 Å². The zero-order valence-corrected chi connectivity index (χ0v) is 30.4. The lowest BCUT2D eigenvalue weighted by molar-refractivity contribution is -0.137. The van der Waals surface area contributed by atoms with Crippen LogP contribution in [0.4, 0.5) is 10.6 Å². The van der Waals surface area contributed by atoms with E-state index in [0.29, 0.717) is 23.9 Å². The normalized spacial score (nSPS) is 19.7. The largest absolute Gasteiger partial charge is 0.481 e. The molecule has 3 aromatic heterocycles. The van der Waals surface area contributed by atoms with E-state index in [4.69, 9.17) is 36.1 Å². The minimum atomic E-state index is -1.27. The highest BCUT2D eigenvalue weighted by molar-refractivity contribution is 6.76. The molecule has 2 N–H and O–H groups in total. The average Bonchev–Trinajstić information content (AvgIpc) is 3.65. The van der Waals surface area contributed by atoms with Crippen molar-refractivity contribution in [3.05, 3.63) is 35.7 Å². The molecule has 3 atom stereocenters. The molecule has 0 aliphatic carbocycles. The van der Waals surface area contributed by atoms with Crippen molar-refractivity contribution in [1.82, 2.24) is 29.6 Å². The second-order valence-electron chi connectivity index (χ2n) is 15.3. The molecule has 1 aromatic carbocycles. The Labute approximate surface area is 286 Å². The zero-order valence-electron chi connectivity index (χ0n) is 28.6. The Hall–Kier alpha value is -3.68. The first-order chi connectivity index (χ1) is 22.6. The molecule has 6 rings (SSSR count). The fourth-order valence-electron chi connectivity index (χ4n) is 6.78. The van der Waals surface area contributed by atoms with Gasteiger partial charge < -0.3 is 29.4 Å². The summed E-state index contributed by atoms with van der Waals surface area (Å²) in [7, 11) is -1.27. The summed E-state index contributed by atoms with van der Waals surface area (Å²) in [5, 5.41) is 18.0. The number of aryl methyl sites for hydroxylation is 1. The fourth-order valence-corrected chi connectivity index (χ4v) is 7.85. The molecular formula is C34H46ClN7O5Si. The number of piperidine rings is 1. The van der Waals surface area contributed by atoms with Crippen molar-refractivity contribution >= 4 is 59.6 Å². The van der Waals surface area contributed by atoms with Crippen molar-refractivity contribution < 1.29 is 24.2 Å². The summed E-state index contributed by atoms with van der Waals surface area (Å²) in [6.45, 7) is 13.9. The summed E-state index contributed by atoms with van der Waals surface area (Å²) in [5.41, 5.74) is 3.23. The maximum Gasteiger partial charge on any atom is 0.407 e. The third kappa shape index (κ3) is 7.63. The SMILES string of the molecule is CC(C)(C)OC(=O)N[C@H]1C[C@H]2CC[C@@H](C1)N2c1cnc2c(-c3ccc4nn(CCC(=O)O)cc4c3Cl)cn(COCC[Si](C)(C)C)c2n1. The highest BCUT2D eigenvalue weighted by Gasteiger charge is 2.42. The summed E-state index contributed by atoms with van der Waals surface area (Å²) >= 11 is 7.02. The molecule has 0 radical (unpaired) electrons. The van der Waals surface area contributed by atoms with Gasteiger partial charge >= 0.3 is 12.1 Å². The molecule has 258 valence electrons. The molecular weight excluding hydrogens is 650 g/mol. The van der Waals surface area contributed by atoms with Gasteiger partial charge in [0.25, 0.3) is 0 Å². The van der Waals surface area contributed by atoms with Crippen molar-refractivity contribution in [2.24, 2.45) is 0 Å². The number of aliphatic carboxylic acids is 1. The van der Waals surface area contributed by atoms with E-state index in [2.05, 4.69) is 35.0 Å². The summed E-state index contributed by atoms with van der Waals surface area (Å²) in [6, 6.07) is 5.41. The number of alkyl carbamates (subject to hydrolysis) is 1. The standard InChI is InChI=1S/C34H46ClN7O5Si/c1-34(2,3)47-33(45)37-21-15-22-7-8-23(16-21)42(22)28-17-36-31-25(18-40(32(31)38-28)20-46-13-14-48(4,5)6)24-9-10-27-26(30(24)35)19-41(39-27)12-11-29(43)44/h9-10,17-19,21-23H,7-8,11-16,20H2,1-6H3,(H,37,45)(H,43,44)/t21-,22+,23-. The van der Waals surface area contributed by atoms with Crippen LogP contribution in [0.25, 0.3) is 33.2 Å². The number of nitrogens with zero attached hydrogens (tertiary/aromatic N) is 6. The Kier molecular flexibility index (Phi) is 9.49. The molecule has 0 saturated carbocycles. The van der Waals surface area contributed by atoms with Crippen LogP contribution < -0.4 is 10.2 Å². The molecule has 4 aromatic rings. The number of nitrogens with one attached hydrogen (secondary N) is 1. The number of anilines is 1. The van der Waals surface area contributed by atoms with Crippen LogP contribution in [0.3, 0.4) is 0 Å². The van der Waals surface area contributed by atoms with Crippen LogP contribution in [-0.4, -0.2) is 79.9 Å². The second kappa shape index (κ2) is 13.3. The first-order valence-corrected chi connectivity index (χ1v) is 20.8. The Bertz CT molecular complexity index is 1810. The third-order valence-electron chi connectivity index (χ3n) is 9.01. The lowest BCUT2D eigenvalue weighted by Crippen LogP contribution is -2.51. The Balaban J connectivity index is 1.30. The molecule has 1 amide bonds. The predicted octanol–water partition coefficient (Wildman–Crippen LogP) is 6.91. The van der Waals surface area contributed by atoms with E-state index in [9.17, 15) is 9.59 Å². The average molecular weight is 696 g/mol. The van der Waals surface area contributed by atoms with E-state index in [1.54, 1.807) is 10.9 Å². The number of carboxylic acid groups (broad SMARTS) is 1. The number of aromatic nitrogens is 5. The van der Waals surface area contributed by atoms with E-state index >= 15 is 0 Å². The summed E-state index contributed by atoms with van der Waals surface area (Å²) in [4.78, 5) is 36.2. The number of fused-ring (bicyclic) bond motifs is 4. The Morgan fingerprint density at radius 3 is 2.50 bits per heavy atom. The van der Waals surface area contributed by atoms with Gasteiger partial charge in [0.05, 0.1) is 29.7 Å². The van der Waals surface area contributed by atoms with Gasteiger partial charge in [0.2, 0.25) is 0 Å². The quantitative estimate of drug-likeness (QED) is 0.127. The maximum atomic E-state index is 12.5. The molecule has 5 heterocycles. The number of benzene rings is 1. The number of amides is 1. The highest BCUT2D eigenvalue weighted by Crippen LogP contribution is 2.41. The van der Waals surface area contributed by atoms with E-state index in [1.807, 2.05) is 49.9 Å². The fraction of sp³-hybridized carbons (Fsp3) is 0.559. The Morgan fingerprint density at radius 1 is 1.10 bits per heavy atom. The topological polar surface area (TPSA) is 137 Å². The van der Waals surface area contributed by atoms with Gasteiger partial charge in [-0.05, 0) is 58.6 Å². The molecule has 2 fully saturated rings. The number of carbonyl (C=O) groups excluding carboxylic acids is 1. The van der Waals surface area contributed by atoms with Gasteiger partial charge in [-0.2, -0.15) is 5.10 Å². The van der Waals surface area contributed by atoms with Gasteiger partial charge in [0.1, 0.15) is 23.7 Å². The van der Waals surface area contributed by atoms with Gasteiger partial charge in [-0.25, -0.2) is 14.8 Å². The molecule has 2 aliphatic rings.